The molecule has 0 saturated heterocycles. The smallest absolute Gasteiger partial charge is 0.431 e. The zero-order valence-corrected chi connectivity index (χ0v) is 9.33. The normalized spacial score (nSPS) is 18.1. The fourth-order valence-electron chi connectivity index (χ4n) is 0.994. The lowest BCUT2D eigenvalue weighted by Crippen LogP contribution is -2.34. The van der Waals surface area contributed by atoms with E-state index in [2.05, 4.69) is 5.48 Å². The van der Waals surface area contributed by atoms with E-state index >= 15 is 0 Å². The molecule has 0 heterocycles. The van der Waals surface area contributed by atoms with Gasteiger partial charge in [-0.15, -0.1) is 0 Å². The van der Waals surface area contributed by atoms with Gasteiger partial charge in [0.05, 0.1) is 12.0 Å². The van der Waals surface area contributed by atoms with E-state index in [9.17, 15) is 9.59 Å². The van der Waals surface area contributed by atoms with Crippen molar-refractivity contribution >= 4 is 12.4 Å². The van der Waals surface area contributed by atoms with Crippen LogP contribution in [0, 0.1) is 5.41 Å². The number of hydrogen-bond donors (Lipinski definition) is 1. The standard InChI is InChI=1S/C10H17NO4/c1-9(2,3)15-8(13)11-14-7-10(6-12)4-5-10/h6H,4-5,7H2,1-3H3,(H,11,13). The Morgan fingerprint density at radius 1 is 1.47 bits per heavy atom. The Morgan fingerprint density at radius 3 is 2.47 bits per heavy atom. The van der Waals surface area contributed by atoms with Crippen molar-refractivity contribution in [2.75, 3.05) is 6.61 Å². The average Bonchev–Trinajstić information content (AvgIpc) is 2.82. The van der Waals surface area contributed by atoms with Crippen molar-refractivity contribution in [2.45, 2.75) is 39.2 Å². The van der Waals surface area contributed by atoms with Crippen molar-refractivity contribution in [3.05, 3.63) is 0 Å². The highest BCUT2D eigenvalue weighted by Gasteiger charge is 2.43. The van der Waals surface area contributed by atoms with E-state index in [0.29, 0.717) is 0 Å². The Hall–Kier alpha value is -1.10. The minimum Gasteiger partial charge on any atom is -0.442 e. The summed E-state index contributed by atoms with van der Waals surface area (Å²) in [7, 11) is 0. The van der Waals surface area contributed by atoms with E-state index < -0.39 is 11.7 Å². The summed E-state index contributed by atoms with van der Waals surface area (Å²) in [6.07, 6.45) is 1.90. The van der Waals surface area contributed by atoms with E-state index in [1.54, 1.807) is 20.8 Å². The summed E-state index contributed by atoms with van der Waals surface area (Å²) in [5, 5.41) is 0. The predicted octanol–water partition coefficient (Wildman–Crippen LogP) is 1.42. The molecule has 1 aliphatic carbocycles. The number of ether oxygens (including phenoxy) is 1. The van der Waals surface area contributed by atoms with Crippen molar-refractivity contribution in [1.29, 1.82) is 0 Å². The average molecular weight is 215 g/mol. The molecule has 0 aliphatic heterocycles. The molecule has 0 aromatic rings. The highest BCUT2D eigenvalue weighted by Crippen LogP contribution is 2.43. The molecule has 1 amide bonds. The molecular weight excluding hydrogens is 198 g/mol. The van der Waals surface area contributed by atoms with E-state index in [-0.39, 0.29) is 12.0 Å². The predicted molar refractivity (Wildman–Crippen MR) is 53.1 cm³/mol. The Bertz CT molecular complexity index is 253. The molecule has 1 fully saturated rings. The van der Waals surface area contributed by atoms with E-state index in [4.69, 9.17) is 9.57 Å². The van der Waals surface area contributed by atoms with Gasteiger partial charge in [-0.3, -0.25) is 4.84 Å². The van der Waals surface area contributed by atoms with Crippen LogP contribution in [0.1, 0.15) is 33.6 Å². The summed E-state index contributed by atoms with van der Waals surface area (Å²) in [5.41, 5.74) is 1.24. The van der Waals surface area contributed by atoms with Crippen LogP contribution < -0.4 is 5.48 Å². The Labute approximate surface area is 89.1 Å². The lowest BCUT2D eigenvalue weighted by Gasteiger charge is -2.19. The summed E-state index contributed by atoms with van der Waals surface area (Å²) in [5.74, 6) is 0. The SMILES string of the molecule is CC(C)(C)OC(=O)NOCC1(C=O)CC1. The third kappa shape index (κ3) is 4.29. The number of carbonyl (C=O) groups is 2. The zero-order chi connectivity index (χ0) is 11.5. The van der Waals surface area contributed by atoms with Gasteiger partial charge in [0.15, 0.2) is 0 Å². The second-order valence-corrected chi connectivity index (χ2v) is 4.87. The van der Waals surface area contributed by atoms with Crippen LogP contribution in [-0.4, -0.2) is 24.6 Å². The van der Waals surface area contributed by atoms with E-state index in [1.807, 2.05) is 0 Å². The largest absolute Gasteiger partial charge is 0.442 e. The van der Waals surface area contributed by atoms with Crippen LogP contribution in [0.2, 0.25) is 0 Å². The fraction of sp³-hybridized carbons (Fsp3) is 0.800. The van der Waals surface area contributed by atoms with Crippen molar-refractivity contribution in [3.63, 3.8) is 0 Å². The molecule has 5 nitrogen and oxygen atoms in total. The molecule has 86 valence electrons. The lowest BCUT2D eigenvalue weighted by molar-refractivity contribution is -0.115. The van der Waals surface area contributed by atoms with E-state index in [0.717, 1.165) is 19.1 Å². The highest BCUT2D eigenvalue weighted by molar-refractivity contribution is 5.66. The second kappa shape index (κ2) is 4.18. The summed E-state index contributed by atoms with van der Waals surface area (Å²) in [6, 6.07) is 0. The number of rotatable bonds is 4. The lowest BCUT2D eigenvalue weighted by atomic mass is 10.2. The first-order valence-corrected chi connectivity index (χ1v) is 4.94. The molecule has 1 N–H and O–H groups in total. The van der Waals surface area contributed by atoms with Crippen LogP contribution in [0.3, 0.4) is 0 Å². The maximum atomic E-state index is 11.1. The van der Waals surface area contributed by atoms with Gasteiger partial charge in [-0.2, -0.15) is 5.48 Å². The second-order valence-electron chi connectivity index (χ2n) is 4.87. The van der Waals surface area contributed by atoms with Gasteiger partial charge in [-0.05, 0) is 33.6 Å². The van der Waals surface area contributed by atoms with Gasteiger partial charge in [0.25, 0.3) is 0 Å². The molecule has 15 heavy (non-hydrogen) atoms. The van der Waals surface area contributed by atoms with Crippen molar-refractivity contribution in [2.24, 2.45) is 5.41 Å². The quantitative estimate of drug-likeness (QED) is 0.569. The van der Waals surface area contributed by atoms with Gasteiger partial charge in [0.1, 0.15) is 11.9 Å². The summed E-state index contributed by atoms with van der Waals surface area (Å²) in [6.45, 7) is 5.51. The number of nitrogens with one attached hydrogen (secondary N) is 1. The van der Waals surface area contributed by atoms with E-state index in [1.165, 1.54) is 0 Å². The van der Waals surface area contributed by atoms with Crippen LogP contribution >= 0.6 is 0 Å². The molecule has 0 atom stereocenters. The fourth-order valence-corrected chi connectivity index (χ4v) is 0.994. The highest BCUT2D eigenvalue weighted by atomic mass is 16.7. The van der Waals surface area contributed by atoms with Crippen LogP contribution in [0.25, 0.3) is 0 Å². The monoisotopic (exact) mass is 215 g/mol. The van der Waals surface area contributed by atoms with Gasteiger partial charge < -0.3 is 9.53 Å². The molecule has 1 rings (SSSR count). The van der Waals surface area contributed by atoms with Crippen LogP contribution in [-0.2, 0) is 14.4 Å². The van der Waals surface area contributed by atoms with Crippen LogP contribution in [0.5, 0.6) is 0 Å². The molecule has 0 spiro atoms. The molecule has 1 aliphatic rings. The first-order chi connectivity index (χ1) is 6.87. The maximum Gasteiger partial charge on any atom is 0.431 e. The van der Waals surface area contributed by atoms with Gasteiger partial charge in [-0.25, -0.2) is 4.79 Å². The van der Waals surface area contributed by atoms with Crippen LogP contribution in [0.4, 0.5) is 4.79 Å². The molecule has 0 radical (unpaired) electrons. The summed E-state index contributed by atoms with van der Waals surface area (Å²) in [4.78, 5) is 26.6. The van der Waals surface area contributed by atoms with Crippen molar-refractivity contribution in [1.82, 2.24) is 5.48 Å². The number of carbonyl (C=O) groups excluding carboxylic acids is 2. The van der Waals surface area contributed by atoms with Gasteiger partial charge >= 0.3 is 6.09 Å². The number of amides is 1. The molecular formula is C10H17NO4. The van der Waals surface area contributed by atoms with Gasteiger partial charge in [0, 0.05) is 0 Å². The number of aldehydes is 1. The van der Waals surface area contributed by atoms with Crippen molar-refractivity contribution in [3.8, 4) is 0 Å². The third-order valence-electron chi connectivity index (χ3n) is 2.06. The first-order valence-electron chi connectivity index (χ1n) is 4.94. The minimum absolute atomic E-state index is 0.218. The third-order valence-corrected chi connectivity index (χ3v) is 2.06. The Kier molecular flexibility index (Phi) is 3.34. The Morgan fingerprint density at radius 2 is 2.07 bits per heavy atom. The molecule has 5 heteroatoms. The number of hydroxylamine groups is 1. The van der Waals surface area contributed by atoms with Crippen LogP contribution in [0.15, 0.2) is 0 Å². The summed E-state index contributed by atoms with van der Waals surface area (Å²) >= 11 is 0. The molecule has 0 aromatic heterocycles. The maximum absolute atomic E-state index is 11.1. The molecule has 0 bridgehead atoms. The molecule has 1 saturated carbocycles. The molecule has 0 unspecified atom stereocenters. The molecule has 0 aromatic carbocycles. The first kappa shape index (κ1) is 12.0. The summed E-state index contributed by atoms with van der Waals surface area (Å²) < 4.78 is 4.94. The topological polar surface area (TPSA) is 64.6 Å². The van der Waals surface area contributed by atoms with Crippen molar-refractivity contribution < 1.29 is 19.2 Å². The number of hydrogen-bond acceptors (Lipinski definition) is 4. The van der Waals surface area contributed by atoms with Gasteiger partial charge in [0.2, 0.25) is 0 Å². The van der Waals surface area contributed by atoms with Gasteiger partial charge in [-0.1, -0.05) is 0 Å². The Balaban J connectivity index is 2.15. The minimum atomic E-state index is -0.635. The zero-order valence-electron chi connectivity index (χ0n) is 9.33.